The van der Waals surface area contributed by atoms with Crippen LogP contribution < -0.4 is 11.1 Å². The van der Waals surface area contributed by atoms with E-state index < -0.39 is 0 Å². The number of amides is 1. The third-order valence-electron chi connectivity index (χ3n) is 3.20. The molecular weight excluding hydrogens is 286 g/mol. The number of aryl methyl sites for hydroxylation is 1. The van der Waals surface area contributed by atoms with E-state index in [1.165, 1.54) is 11.3 Å². The van der Waals surface area contributed by atoms with Gasteiger partial charge in [-0.15, -0.1) is 11.3 Å². The van der Waals surface area contributed by atoms with E-state index in [0.717, 1.165) is 22.1 Å². The first-order valence-electron chi connectivity index (χ1n) is 6.53. The van der Waals surface area contributed by atoms with Crippen molar-refractivity contribution >= 4 is 33.0 Å². The molecule has 0 aliphatic heterocycles. The monoisotopic (exact) mass is 301 g/mol. The Morgan fingerprint density at radius 1 is 1.48 bits per heavy atom. The van der Waals surface area contributed by atoms with Crippen LogP contribution in [-0.2, 0) is 13.5 Å². The lowest BCUT2D eigenvalue weighted by molar-refractivity contribution is 0.0959. The highest BCUT2D eigenvalue weighted by molar-refractivity contribution is 7.21. The Balaban J connectivity index is 1.68. The number of carbonyl (C=O) groups excluding carboxylic acids is 1. The first-order valence-corrected chi connectivity index (χ1v) is 7.34. The van der Waals surface area contributed by atoms with Crippen LogP contribution in [0.5, 0.6) is 0 Å². The maximum atomic E-state index is 12.2. The molecule has 3 N–H and O–H groups in total. The van der Waals surface area contributed by atoms with Gasteiger partial charge in [-0.1, -0.05) is 0 Å². The van der Waals surface area contributed by atoms with Gasteiger partial charge in [0.05, 0.1) is 16.6 Å². The summed E-state index contributed by atoms with van der Waals surface area (Å²) in [5.41, 5.74) is 7.65. The number of nitrogen functional groups attached to an aromatic ring is 1. The van der Waals surface area contributed by atoms with Crippen molar-refractivity contribution in [2.45, 2.75) is 6.42 Å². The van der Waals surface area contributed by atoms with Crippen molar-refractivity contribution in [2.75, 3.05) is 12.3 Å². The van der Waals surface area contributed by atoms with Gasteiger partial charge in [0.2, 0.25) is 0 Å². The molecule has 0 saturated heterocycles. The maximum absolute atomic E-state index is 12.2. The molecule has 0 spiro atoms. The number of hydrogen-bond donors (Lipinski definition) is 2. The predicted octanol–water partition coefficient (Wildman–Crippen LogP) is 1.58. The quantitative estimate of drug-likeness (QED) is 0.766. The van der Waals surface area contributed by atoms with E-state index in [1.54, 1.807) is 23.3 Å². The number of nitrogens with one attached hydrogen (secondary N) is 1. The Morgan fingerprint density at radius 2 is 2.33 bits per heavy atom. The van der Waals surface area contributed by atoms with Crippen LogP contribution in [0.3, 0.4) is 0 Å². The zero-order valence-electron chi connectivity index (χ0n) is 11.5. The zero-order chi connectivity index (χ0) is 14.8. The number of nitrogens with two attached hydrogens (primary N) is 1. The minimum absolute atomic E-state index is 0.141. The Hall–Kier alpha value is -2.41. The normalized spacial score (nSPS) is 10.9. The van der Waals surface area contributed by atoms with E-state index >= 15 is 0 Å². The molecule has 3 aromatic heterocycles. The molecule has 3 heterocycles. The smallest absolute Gasteiger partial charge is 0.263 e. The number of anilines is 1. The fourth-order valence-electron chi connectivity index (χ4n) is 2.14. The van der Waals surface area contributed by atoms with Crippen LogP contribution >= 0.6 is 11.3 Å². The summed E-state index contributed by atoms with van der Waals surface area (Å²) in [6.07, 6.45) is 7.88. The number of carbonyl (C=O) groups is 1. The van der Waals surface area contributed by atoms with Gasteiger partial charge in [-0.25, -0.2) is 0 Å². The van der Waals surface area contributed by atoms with E-state index in [-0.39, 0.29) is 5.91 Å². The Morgan fingerprint density at radius 3 is 3.05 bits per heavy atom. The number of thiophene rings is 1. The van der Waals surface area contributed by atoms with Crippen LogP contribution in [0.15, 0.2) is 30.9 Å². The average molecular weight is 301 g/mol. The minimum Gasteiger partial charge on any atom is -0.397 e. The summed E-state index contributed by atoms with van der Waals surface area (Å²) in [6.45, 7) is 0.552. The molecule has 1 amide bonds. The number of pyridine rings is 1. The van der Waals surface area contributed by atoms with Gasteiger partial charge in [-0.3, -0.25) is 14.5 Å². The lowest BCUT2D eigenvalue weighted by atomic mass is 10.2. The number of nitrogens with zero attached hydrogens (tertiary/aromatic N) is 3. The average Bonchev–Trinajstić information content (AvgIpc) is 3.03. The molecule has 0 atom stereocenters. The van der Waals surface area contributed by atoms with Gasteiger partial charge in [-0.05, 0) is 18.1 Å². The lowest BCUT2D eigenvalue weighted by Gasteiger charge is -2.03. The standard InChI is InChI=1S/C14H15N5OS/c1-19-8-9(6-18-19)2-5-17-14(20)13-12(15)10-3-4-16-7-11(10)21-13/h3-4,6-8H,2,5,15H2,1H3,(H,17,20). The van der Waals surface area contributed by atoms with Crippen LogP contribution in [0.4, 0.5) is 5.69 Å². The molecule has 3 rings (SSSR count). The fourth-order valence-corrected chi connectivity index (χ4v) is 3.15. The molecule has 0 fully saturated rings. The van der Waals surface area contributed by atoms with Crippen LogP contribution in [0.1, 0.15) is 15.2 Å². The van der Waals surface area contributed by atoms with Crippen molar-refractivity contribution < 1.29 is 4.79 Å². The molecule has 21 heavy (non-hydrogen) atoms. The van der Waals surface area contributed by atoms with Crippen molar-refractivity contribution in [3.63, 3.8) is 0 Å². The third kappa shape index (κ3) is 2.73. The Labute approximate surface area is 125 Å². The highest BCUT2D eigenvalue weighted by Gasteiger charge is 2.15. The molecule has 3 aromatic rings. The van der Waals surface area contributed by atoms with Crippen LogP contribution in [0.2, 0.25) is 0 Å². The van der Waals surface area contributed by atoms with Crippen molar-refractivity contribution in [2.24, 2.45) is 7.05 Å². The first-order chi connectivity index (χ1) is 10.1. The van der Waals surface area contributed by atoms with Gasteiger partial charge in [0.25, 0.3) is 5.91 Å². The Bertz CT molecular complexity index is 792. The van der Waals surface area contributed by atoms with Gasteiger partial charge in [0.15, 0.2) is 0 Å². The van der Waals surface area contributed by atoms with Gasteiger partial charge in [0, 0.05) is 37.6 Å². The maximum Gasteiger partial charge on any atom is 0.263 e. The summed E-state index contributed by atoms with van der Waals surface area (Å²) in [7, 11) is 1.87. The van der Waals surface area contributed by atoms with Crippen molar-refractivity contribution in [3.05, 3.63) is 41.3 Å². The van der Waals surface area contributed by atoms with Crippen molar-refractivity contribution in [1.82, 2.24) is 20.1 Å². The number of fused-ring (bicyclic) bond motifs is 1. The molecule has 6 nitrogen and oxygen atoms in total. The number of rotatable bonds is 4. The zero-order valence-corrected chi connectivity index (χ0v) is 12.4. The number of aromatic nitrogens is 3. The van der Waals surface area contributed by atoms with Gasteiger partial charge < -0.3 is 11.1 Å². The van der Waals surface area contributed by atoms with Crippen molar-refractivity contribution in [3.8, 4) is 0 Å². The molecular formula is C14H15N5OS. The Kier molecular flexibility index (Phi) is 3.57. The molecule has 0 unspecified atom stereocenters. The predicted molar refractivity (Wildman–Crippen MR) is 83.3 cm³/mol. The second-order valence-electron chi connectivity index (χ2n) is 4.74. The van der Waals surface area contributed by atoms with E-state index in [0.29, 0.717) is 17.1 Å². The van der Waals surface area contributed by atoms with Crippen LogP contribution in [-0.4, -0.2) is 27.2 Å². The van der Waals surface area contributed by atoms with Gasteiger partial charge >= 0.3 is 0 Å². The summed E-state index contributed by atoms with van der Waals surface area (Å²) in [5.74, 6) is -0.141. The summed E-state index contributed by atoms with van der Waals surface area (Å²) in [5, 5.41) is 7.87. The van der Waals surface area contributed by atoms with Crippen LogP contribution in [0.25, 0.3) is 10.1 Å². The summed E-state index contributed by atoms with van der Waals surface area (Å²) in [6, 6.07) is 1.83. The van der Waals surface area contributed by atoms with Crippen molar-refractivity contribution in [1.29, 1.82) is 0 Å². The van der Waals surface area contributed by atoms with E-state index in [4.69, 9.17) is 5.73 Å². The SMILES string of the molecule is Cn1cc(CCNC(=O)c2sc3cnccc3c2N)cn1. The molecule has 0 radical (unpaired) electrons. The highest BCUT2D eigenvalue weighted by atomic mass is 32.1. The minimum atomic E-state index is -0.141. The largest absolute Gasteiger partial charge is 0.397 e. The summed E-state index contributed by atoms with van der Waals surface area (Å²) >= 11 is 1.37. The highest BCUT2D eigenvalue weighted by Crippen LogP contribution is 2.32. The summed E-state index contributed by atoms with van der Waals surface area (Å²) < 4.78 is 2.67. The molecule has 0 aliphatic carbocycles. The second kappa shape index (κ2) is 5.53. The number of hydrogen-bond acceptors (Lipinski definition) is 5. The summed E-state index contributed by atoms with van der Waals surface area (Å²) in [4.78, 5) is 16.8. The lowest BCUT2D eigenvalue weighted by Crippen LogP contribution is -2.25. The van der Waals surface area contributed by atoms with Gasteiger partial charge in [0.1, 0.15) is 4.88 Å². The molecule has 0 bridgehead atoms. The molecule has 108 valence electrons. The fraction of sp³-hybridized carbons (Fsp3) is 0.214. The molecule has 0 saturated carbocycles. The van der Waals surface area contributed by atoms with E-state index in [1.807, 2.05) is 19.3 Å². The molecule has 7 heteroatoms. The first kappa shape index (κ1) is 13.6. The van der Waals surface area contributed by atoms with E-state index in [9.17, 15) is 4.79 Å². The third-order valence-corrected chi connectivity index (χ3v) is 4.35. The van der Waals surface area contributed by atoms with Crippen LogP contribution in [0, 0.1) is 0 Å². The second-order valence-corrected chi connectivity index (χ2v) is 5.80. The van der Waals surface area contributed by atoms with Gasteiger partial charge in [-0.2, -0.15) is 5.10 Å². The van der Waals surface area contributed by atoms with E-state index in [2.05, 4.69) is 15.4 Å². The molecule has 0 aliphatic rings. The topological polar surface area (TPSA) is 85.8 Å². The molecule has 0 aromatic carbocycles.